The molecule has 67 heavy (non-hydrogen) atoms. The molecule has 390 valence electrons. The Kier molecular flexibility index (Phi) is 53.8. The highest BCUT2D eigenvalue weighted by Crippen LogP contribution is 2.17. The van der Waals surface area contributed by atoms with Crippen LogP contribution in [0.1, 0.15) is 303 Å². The molecule has 0 heterocycles. The molecule has 0 amide bonds. The molecule has 0 aliphatic carbocycles. The maximum atomic E-state index is 12.8. The van der Waals surface area contributed by atoms with Gasteiger partial charge in [-0.05, 0) is 57.8 Å². The van der Waals surface area contributed by atoms with Crippen LogP contribution in [0.5, 0.6) is 0 Å². The molecule has 6 nitrogen and oxygen atoms in total. The fourth-order valence-electron chi connectivity index (χ4n) is 8.49. The Balaban J connectivity index is 4.30. The average molecular weight is 940 g/mol. The zero-order valence-electron chi connectivity index (χ0n) is 44.7. The molecule has 0 aliphatic heterocycles. The molecule has 0 radical (unpaired) electrons. The highest BCUT2D eigenvalue weighted by atomic mass is 16.6. The van der Waals surface area contributed by atoms with Crippen molar-refractivity contribution in [3.8, 4) is 0 Å². The summed E-state index contributed by atoms with van der Waals surface area (Å²) in [6.07, 6.45) is 68.2. The van der Waals surface area contributed by atoms with Gasteiger partial charge in [0.25, 0.3) is 0 Å². The molecule has 0 saturated heterocycles. The summed E-state index contributed by atoms with van der Waals surface area (Å²) in [5, 5.41) is 0. The Hall–Kier alpha value is -2.63. The van der Waals surface area contributed by atoms with E-state index in [1.165, 1.54) is 167 Å². The lowest BCUT2D eigenvalue weighted by molar-refractivity contribution is -0.167. The third-order valence-corrected chi connectivity index (χ3v) is 12.8. The van der Waals surface area contributed by atoms with Crippen LogP contribution < -0.4 is 0 Å². The van der Waals surface area contributed by atoms with Gasteiger partial charge < -0.3 is 14.2 Å². The van der Waals surface area contributed by atoms with E-state index >= 15 is 0 Å². The molecule has 6 heteroatoms. The Morgan fingerprint density at radius 1 is 0.313 bits per heavy atom. The molecule has 0 unspecified atom stereocenters. The van der Waals surface area contributed by atoms with E-state index < -0.39 is 6.10 Å². The van der Waals surface area contributed by atoms with Crippen LogP contribution in [0.25, 0.3) is 0 Å². The lowest BCUT2D eigenvalue weighted by Crippen LogP contribution is -2.30. The minimum atomic E-state index is -0.782. The first kappa shape index (κ1) is 64.4. The minimum absolute atomic E-state index is 0.0789. The number of esters is 3. The second-order valence-electron chi connectivity index (χ2n) is 19.5. The third kappa shape index (κ3) is 54.2. The molecule has 0 aliphatic rings. The summed E-state index contributed by atoms with van der Waals surface area (Å²) < 4.78 is 16.8. The van der Waals surface area contributed by atoms with Gasteiger partial charge in [0, 0.05) is 19.3 Å². The molecular weight excluding hydrogens is 829 g/mol. The van der Waals surface area contributed by atoms with Gasteiger partial charge in [-0.3, -0.25) is 14.4 Å². The zero-order chi connectivity index (χ0) is 48.6. The molecule has 0 aromatic rings. The van der Waals surface area contributed by atoms with Crippen molar-refractivity contribution >= 4 is 17.9 Å². The van der Waals surface area contributed by atoms with E-state index in [-0.39, 0.29) is 31.1 Å². The van der Waals surface area contributed by atoms with Gasteiger partial charge in [0.15, 0.2) is 6.10 Å². The van der Waals surface area contributed by atoms with Gasteiger partial charge >= 0.3 is 17.9 Å². The molecule has 0 aromatic carbocycles. The highest BCUT2D eigenvalue weighted by Gasteiger charge is 2.19. The summed E-state index contributed by atoms with van der Waals surface area (Å²) in [6.45, 7) is 6.54. The molecule has 0 N–H and O–H groups in total. The van der Waals surface area contributed by atoms with Crippen LogP contribution in [0, 0.1) is 0 Å². The quantitative estimate of drug-likeness (QED) is 0.0262. The fraction of sp³-hybridized carbons (Fsp3) is 0.820. The van der Waals surface area contributed by atoms with Crippen LogP contribution >= 0.6 is 0 Å². The molecule has 0 rings (SSSR count). The second-order valence-corrected chi connectivity index (χ2v) is 19.5. The van der Waals surface area contributed by atoms with Crippen molar-refractivity contribution in [2.45, 2.75) is 309 Å². The van der Waals surface area contributed by atoms with Crippen LogP contribution in [0.15, 0.2) is 48.6 Å². The predicted molar refractivity (Wildman–Crippen MR) is 289 cm³/mol. The topological polar surface area (TPSA) is 78.9 Å². The Morgan fingerprint density at radius 3 is 0.910 bits per heavy atom. The van der Waals surface area contributed by atoms with Crippen molar-refractivity contribution in [3.63, 3.8) is 0 Å². The largest absolute Gasteiger partial charge is 0.462 e. The molecule has 0 saturated carbocycles. The number of ether oxygens (including phenoxy) is 3. The van der Waals surface area contributed by atoms with E-state index in [1.54, 1.807) is 0 Å². The van der Waals surface area contributed by atoms with Crippen LogP contribution in [0.2, 0.25) is 0 Å². The molecule has 0 bridgehead atoms. The van der Waals surface area contributed by atoms with Crippen molar-refractivity contribution in [3.05, 3.63) is 48.6 Å². The lowest BCUT2D eigenvalue weighted by atomic mass is 10.0. The smallest absolute Gasteiger partial charge is 0.306 e. The molecule has 1 atom stereocenters. The lowest BCUT2D eigenvalue weighted by Gasteiger charge is -2.18. The standard InChI is InChI=1S/C61H110O6/c1-4-7-10-13-16-19-22-24-26-28-29-30-31-33-34-36-39-42-45-48-51-54-60(63)66-57-58(56-65-59(62)53-50-47-44-41-38-21-18-15-12-9-6-3)67-61(64)55-52-49-46-43-40-37-35-32-27-25-23-20-17-14-11-8-5-2/h8,11,17,20,25,27,35,37,58H,4-7,9-10,12-16,18-19,21-24,26,28-34,36,38-57H2,1-3H3/b11-8-,20-17-,27-25-,37-35-/t58-/m0/s1. The van der Waals surface area contributed by atoms with Crippen LogP contribution in [-0.4, -0.2) is 37.2 Å². The number of carbonyl (C=O) groups excluding carboxylic acids is 3. The van der Waals surface area contributed by atoms with Crippen molar-refractivity contribution in [1.82, 2.24) is 0 Å². The summed E-state index contributed by atoms with van der Waals surface area (Å²) in [6, 6.07) is 0. The van der Waals surface area contributed by atoms with E-state index in [9.17, 15) is 14.4 Å². The van der Waals surface area contributed by atoms with Gasteiger partial charge in [-0.2, -0.15) is 0 Å². The third-order valence-electron chi connectivity index (χ3n) is 12.8. The number of hydrogen-bond donors (Lipinski definition) is 0. The number of unbranched alkanes of at least 4 members (excludes halogenated alkanes) is 34. The monoisotopic (exact) mass is 939 g/mol. The SMILES string of the molecule is CC/C=C\C/C=C\C/C=C\C/C=C\CCCCCCC(=O)O[C@@H](COC(=O)CCCCCCCCCCCCC)COC(=O)CCCCCCCCCCCCCCCCCCCCCCC. The van der Waals surface area contributed by atoms with Crippen LogP contribution in [-0.2, 0) is 28.6 Å². The molecule has 0 spiro atoms. The first-order valence-electron chi connectivity index (χ1n) is 29.1. The van der Waals surface area contributed by atoms with E-state index in [2.05, 4.69) is 69.4 Å². The fourth-order valence-corrected chi connectivity index (χ4v) is 8.49. The predicted octanol–water partition coefficient (Wildman–Crippen LogP) is 19.4. The van der Waals surface area contributed by atoms with Gasteiger partial charge in [-0.15, -0.1) is 0 Å². The van der Waals surface area contributed by atoms with E-state index in [1.807, 2.05) is 0 Å². The first-order valence-corrected chi connectivity index (χ1v) is 29.1. The number of hydrogen-bond acceptors (Lipinski definition) is 6. The van der Waals surface area contributed by atoms with Crippen molar-refractivity contribution in [2.75, 3.05) is 13.2 Å². The molecular formula is C61H110O6. The van der Waals surface area contributed by atoms with E-state index in [0.717, 1.165) is 96.3 Å². The maximum Gasteiger partial charge on any atom is 0.306 e. The Morgan fingerprint density at radius 2 is 0.582 bits per heavy atom. The maximum absolute atomic E-state index is 12.8. The summed E-state index contributed by atoms with van der Waals surface area (Å²) in [5.41, 5.74) is 0. The zero-order valence-corrected chi connectivity index (χ0v) is 44.7. The summed E-state index contributed by atoms with van der Waals surface area (Å²) in [5.74, 6) is -0.888. The van der Waals surface area contributed by atoms with E-state index in [4.69, 9.17) is 14.2 Å². The van der Waals surface area contributed by atoms with E-state index in [0.29, 0.717) is 19.3 Å². The van der Waals surface area contributed by atoms with Gasteiger partial charge in [-0.1, -0.05) is 275 Å². The van der Waals surface area contributed by atoms with Crippen molar-refractivity contribution < 1.29 is 28.6 Å². The van der Waals surface area contributed by atoms with Crippen LogP contribution in [0.4, 0.5) is 0 Å². The molecule has 0 aromatic heterocycles. The normalized spacial score (nSPS) is 12.3. The van der Waals surface area contributed by atoms with Crippen molar-refractivity contribution in [2.24, 2.45) is 0 Å². The van der Waals surface area contributed by atoms with Gasteiger partial charge in [0.05, 0.1) is 0 Å². The number of allylic oxidation sites excluding steroid dienone is 8. The minimum Gasteiger partial charge on any atom is -0.462 e. The average Bonchev–Trinajstić information content (AvgIpc) is 3.33. The van der Waals surface area contributed by atoms with Gasteiger partial charge in [0.1, 0.15) is 13.2 Å². The Bertz CT molecular complexity index is 1170. The van der Waals surface area contributed by atoms with Crippen LogP contribution in [0.3, 0.4) is 0 Å². The van der Waals surface area contributed by atoms with Crippen molar-refractivity contribution in [1.29, 1.82) is 0 Å². The highest BCUT2D eigenvalue weighted by molar-refractivity contribution is 5.71. The van der Waals surface area contributed by atoms with Gasteiger partial charge in [0.2, 0.25) is 0 Å². The number of rotatable bonds is 53. The Labute approximate surface area is 416 Å². The first-order chi connectivity index (χ1) is 33.0. The van der Waals surface area contributed by atoms with Gasteiger partial charge in [-0.25, -0.2) is 0 Å². The summed E-state index contributed by atoms with van der Waals surface area (Å²) in [4.78, 5) is 38.1. The number of carbonyl (C=O) groups is 3. The molecule has 0 fully saturated rings. The second kappa shape index (κ2) is 56.0. The summed E-state index contributed by atoms with van der Waals surface area (Å²) in [7, 11) is 0. The summed E-state index contributed by atoms with van der Waals surface area (Å²) >= 11 is 0.